The number of ketones is 1. The predicted octanol–water partition coefficient (Wildman–Crippen LogP) is 2.03. The number of benzene rings is 1. The molecule has 1 aliphatic carbocycles. The number of nitrogens with one attached hydrogen (secondary N) is 1. The molecule has 17 heavy (non-hydrogen) atoms. The lowest BCUT2D eigenvalue weighted by Crippen LogP contribution is -2.32. The average Bonchev–Trinajstić information content (AvgIpc) is 3.09. The van der Waals surface area contributed by atoms with Gasteiger partial charge in [-0.15, -0.1) is 0 Å². The summed E-state index contributed by atoms with van der Waals surface area (Å²) in [6.07, 6.45) is 0.686. The molecule has 1 N–H and O–H groups in total. The molecule has 0 amide bonds. The summed E-state index contributed by atoms with van der Waals surface area (Å²) in [5.74, 6) is -0.383. The lowest BCUT2D eigenvalue weighted by Gasteiger charge is -2.11. The van der Waals surface area contributed by atoms with E-state index < -0.39 is 10.5 Å². The number of Topliss-reactive ketones (excluding diaryl/α,β-unsaturated/α-hetero) is 1. The second-order valence-corrected chi connectivity index (χ2v) is 4.42. The van der Waals surface area contributed by atoms with Crippen molar-refractivity contribution in [1.29, 1.82) is 0 Å². The van der Waals surface area contributed by atoms with Crippen molar-refractivity contribution in [2.75, 3.05) is 12.4 Å². The van der Waals surface area contributed by atoms with Gasteiger partial charge in [-0.3, -0.25) is 14.9 Å². The Labute approximate surface area is 99.0 Å². The van der Waals surface area contributed by atoms with E-state index in [-0.39, 0.29) is 5.78 Å². The fourth-order valence-electron chi connectivity index (χ4n) is 1.92. The van der Waals surface area contributed by atoms with E-state index in [4.69, 9.17) is 0 Å². The number of carbonyl (C=O) groups excluding carboxylic acids is 1. The lowest BCUT2D eigenvalue weighted by molar-refractivity contribution is -0.519. The molecule has 1 fully saturated rings. The summed E-state index contributed by atoms with van der Waals surface area (Å²) < 4.78 is 0. The van der Waals surface area contributed by atoms with Gasteiger partial charge >= 0.3 is 0 Å². The molecule has 1 aromatic rings. The molecule has 0 spiro atoms. The van der Waals surface area contributed by atoms with Gasteiger partial charge < -0.3 is 5.32 Å². The number of carbonyl (C=O) groups is 1. The van der Waals surface area contributed by atoms with Crippen LogP contribution in [0.2, 0.25) is 0 Å². The fourth-order valence-corrected chi connectivity index (χ4v) is 1.92. The highest BCUT2D eigenvalue weighted by Crippen LogP contribution is 2.42. The Morgan fingerprint density at radius 2 is 2.12 bits per heavy atom. The van der Waals surface area contributed by atoms with Crippen LogP contribution in [0.15, 0.2) is 18.2 Å². The SMILES string of the molecule is CNc1cc(C)ccc1C(=O)C1([N+](=O)[O-])CC1. The Morgan fingerprint density at radius 1 is 1.47 bits per heavy atom. The van der Waals surface area contributed by atoms with Gasteiger partial charge in [0.1, 0.15) is 0 Å². The molecule has 0 atom stereocenters. The third-order valence-electron chi connectivity index (χ3n) is 3.18. The summed E-state index contributed by atoms with van der Waals surface area (Å²) in [4.78, 5) is 22.7. The molecule has 90 valence electrons. The fraction of sp³-hybridized carbons (Fsp3) is 0.417. The van der Waals surface area contributed by atoms with Crippen LogP contribution in [0.4, 0.5) is 5.69 Å². The van der Waals surface area contributed by atoms with Crippen molar-refractivity contribution in [3.05, 3.63) is 39.4 Å². The molecule has 1 aliphatic rings. The minimum absolute atomic E-state index is 0.343. The number of aryl methyl sites for hydroxylation is 1. The van der Waals surface area contributed by atoms with Gasteiger partial charge in [-0.2, -0.15) is 0 Å². The molecular weight excluding hydrogens is 220 g/mol. The van der Waals surface area contributed by atoms with E-state index in [2.05, 4.69) is 5.32 Å². The maximum Gasteiger partial charge on any atom is 0.284 e. The first-order valence-corrected chi connectivity index (χ1v) is 5.49. The lowest BCUT2D eigenvalue weighted by atomic mass is 9.99. The van der Waals surface area contributed by atoms with Crippen LogP contribution in [0.25, 0.3) is 0 Å². The maximum absolute atomic E-state index is 12.2. The molecule has 0 bridgehead atoms. The number of rotatable bonds is 4. The molecule has 0 aromatic heterocycles. The van der Waals surface area contributed by atoms with Crippen LogP contribution in [0.3, 0.4) is 0 Å². The molecule has 5 heteroatoms. The van der Waals surface area contributed by atoms with Crippen molar-refractivity contribution in [1.82, 2.24) is 0 Å². The smallest absolute Gasteiger partial charge is 0.284 e. The molecule has 0 heterocycles. The van der Waals surface area contributed by atoms with E-state index in [9.17, 15) is 14.9 Å². The van der Waals surface area contributed by atoms with Crippen LogP contribution >= 0.6 is 0 Å². The molecule has 1 saturated carbocycles. The zero-order chi connectivity index (χ0) is 12.6. The molecule has 0 unspecified atom stereocenters. The summed E-state index contributed by atoms with van der Waals surface area (Å²) in [6, 6.07) is 5.28. The Morgan fingerprint density at radius 3 is 2.59 bits per heavy atom. The zero-order valence-electron chi connectivity index (χ0n) is 9.82. The quantitative estimate of drug-likeness (QED) is 0.491. The van der Waals surface area contributed by atoms with Crippen LogP contribution in [0, 0.1) is 17.0 Å². The van der Waals surface area contributed by atoms with E-state index in [1.54, 1.807) is 19.2 Å². The van der Waals surface area contributed by atoms with Gasteiger partial charge in [0, 0.05) is 36.1 Å². The first-order valence-electron chi connectivity index (χ1n) is 5.49. The highest BCUT2D eigenvalue weighted by molar-refractivity contribution is 6.08. The largest absolute Gasteiger partial charge is 0.388 e. The number of hydrogen-bond acceptors (Lipinski definition) is 4. The van der Waals surface area contributed by atoms with E-state index in [0.29, 0.717) is 24.1 Å². The van der Waals surface area contributed by atoms with Crippen LogP contribution in [0.5, 0.6) is 0 Å². The molecule has 0 saturated heterocycles. The second kappa shape index (κ2) is 3.84. The van der Waals surface area contributed by atoms with Crippen LogP contribution < -0.4 is 5.32 Å². The molecule has 0 radical (unpaired) electrons. The summed E-state index contributed by atoms with van der Waals surface area (Å²) in [5, 5.41) is 13.8. The van der Waals surface area contributed by atoms with Crippen LogP contribution in [-0.2, 0) is 0 Å². The number of hydrogen-bond donors (Lipinski definition) is 1. The van der Waals surface area contributed by atoms with E-state index in [1.807, 2.05) is 13.0 Å². The molecule has 1 aromatic carbocycles. The van der Waals surface area contributed by atoms with Crippen molar-refractivity contribution >= 4 is 11.5 Å². The zero-order valence-corrected chi connectivity index (χ0v) is 9.82. The van der Waals surface area contributed by atoms with Gasteiger partial charge in [-0.25, -0.2) is 0 Å². The molecular formula is C12H14N2O3. The number of nitrogens with zero attached hydrogens (tertiary/aromatic N) is 1. The third-order valence-corrected chi connectivity index (χ3v) is 3.18. The molecule has 0 aliphatic heterocycles. The van der Waals surface area contributed by atoms with Gasteiger partial charge in [0.25, 0.3) is 5.54 Å². The minimum Gasteiger partial charge on any atom is -0.388 e. The van der Waals surface area contributed by atoms with Gasteiger partial charge in [-0.1, -0.05) is 6.07 Å². The van der Waals surface area contributed by atoms with E-state index in [1.165, 1.54) is 0 Å². The Balaban J connectivity index is 2.41. The average molecular weight is 234 g/mol. The van der Waals surface area contributed by atoms with Crippen molar-refractivity contribution < 1.29 is 9.72 Å². The van der Waals surface area contributed by atoms with Gasteiger partial charge in [0.15, 0.2) is 0 Å². The standard InChI is InChI=1S/C12H14N2O3/c1-8-3-4-9(10(7-8)13-2)11(15)12(5-6-12)14(16)17/h3-4,7,13H,5-6H2,1-2H3. The number of nitro groups is 1. The summed E-state index contributed by atoms with van der Waals surface area (Å²) >= 11 is 0. The summed E-state index contributed by atoms with van der Waals surface area (Å²) in [5.41, 5.74) is 0.716. The van der Waals surface area contributed by atoms with E-state index in [0.717, 1.165) is 5.56 Å². The van der Waals surface area contributed by atoms with Crippen molar-refractivity contribution in [2.24, 2.45) is 0 Å². The highest BCUT2D eigenvalue weighted by atomic mass is 16.6. The molecule has 5 nitrogen and oxygen atoms in total. The maximum atomic E-state index is 12.2. The summed E-state index contributed by atoms with van der Waals surface area (Å²) in [6.45, 7) is 1.91. The Kier molecular flexibility index (Phi) is 2.61. The highest BCUT2D eigenvalue weighted by Gasteiger charge is 2.62. The van der Waals surface area contributed by atoms with Crippen molar-refractivity contribution in [3.8, 4) is 0 Å². The van der Waals surface area contributed by atoms with Crippen LogP contribution in [-0.4, -0.2) is 23.3 Å². The predicted molar refractivity (Wildman–Crippen MR) is 64.0 cm³/mol. The first-order chi connectivity index (χ1) is 8.01. The Bertz CT molecular complexity index is 493. The topological polar surface area (TPSA) is 72.2 Å². The van der Waals surface area contributed by atoms with Gasteiger partial charge in [0.2, 0.25) is 5.78 Å². The summed E-state index contributed by atoms with van der Waals surface area (Å²) in [7, 11) is 1.71. The second-order valence-electron chi connectivity index (χ2n) is 4.42. The van der Waals surface area contributed by atoms with Crippen LogP contribution in [0.1, 0.15) is 28.8 Å². The van der Waals surface area contributed by atoms with Gasteiger partial charge in [-0.05, 0) is 24.6 Å². The normalized spacial score (nSPS) is 16.4. The third kappa shape index (κ3) is 1.77. The van der Waals surface area contributed by atoms with Crippen molar-refractivity contribution in [2.45, 2.75) is 25.3 Å². The van der Waals surface area contributed by atoms with Crippen molar-refractivity contribution in [3.63, 3.8) is 0 Å². The number of anilines is 1. The Hall–Kier alpha value is -1.91. The first kappa shape index (κ1) is 11.6. The van der Waals surface area contributed by atoms with E-state index >= 15 is 0 Å². The minimum atomic E-state index is -1.36. The van der Waals surface area contributed by atoms with Gasteiger partial charge in [0.05, 0.1) is 0 Å². The molecule has 2 rings (SSSR count). The monoisotopic (exact) mass is 234 g/mol.